The van der Waals surface area contributed by atoms with Crippen molar-refractivity contribution in [1.29, 1.82) is 0 Å². The summed E-state index contributed by atoms with van der Waals surface area (Å²) in [6, 6.07) is 5.12. The molecular formula is C17H20N2O5. The molecule has 0 radical (unpaired) electrons. The fraction of sp³-hybridized carbons (Fsp3) is 0.471. The average molecular weight is 332 g/mol. The first kappa shape index (κ1) is 16.3. The minimum absolute atomic E-state index is 0.347. The van der Waals surface area contributed by atoms with Crippen LogP contribution >= 0.6 is 0 Å². The van der Waals surface area contributed by atoms with Gasteiger partial charge in [-0.25, -0.2) is 4.79 Å². The molecule has 1 aromatic carbocycles. The normalized spacial score (nSPS) is 15.2. The third kappa shape index (κ3) is 3.67. The van der Waals surface area contributed by atoms with Crippen LogP contribution in [0.15, 0.2) is 22.7 Å². The molecule has 0 aliphatic heterocycles. The molecule has 2 aromatic rings. The van der Waals surface area contributed by atoms with E-state index in [1.54, 1.807) is 18.2 Å². The van der Waals surface area contributed by atoms with Crippen molar-refractivity contribution < 1.29 is 23.9 Å². The van der Waals surface area contributed by atoms with E-state index in [-0.39, 0.29) is 0 Å². The molecule has 1 aromatic heterocycles. The molecule has 0 spiro atoms. The highest BCUT2D eigenvalue weighted by Gasteiger charge is 2.22. The molecule has 0 saturated heterocycles. The van der Waals surface area contributed by atoms with Crippen LogP contribution in [0.25, 0.3) is 11.4 Å². The summed E-state index contributed by atoms with van der Waals surface area (Å²) in [4.78, 5) is 15.1. The maximum atomic E-state index is 10.6. The molecule has 128 valence electrons. The van der Waals surface area contributed by atoms with Gasteiger partial charge in [0.2, 0.25) is 11.7 Å². The van der Waals surface area contributed by atoms with E-state index in [0.717, 1.165) is 18.4 Å². The highest BCUT2D eigenvalue weighted by atomic mass is 16.5. The van der Waals surface area contributed by atoms with Crippen LogP contribution in [0.2, 0.25) is 0 Å². The maximum Gasteiger partial charge on any atom is 0.341 e. The summed E-state index contributed by atoms with van der Waals surface area (Å²) in [7, 11) is 1.50. The summed E-state index contributed by atoms with van der Waals surface area (Å²) in [5, 5.41) is 12.8. The summed E-state index contributed by atoms with van der Waals surface area (Å²) in [5.74, 6) is 1.28. The predicted molar refractivity (Wildman–Crippen MR) is 85.2 cm³/mol. The second-order valence-corrected chi connectivity index (χ2v) is 5.84. The van der Waals surface area contributed by atoms with Gasteiger partial charge in [-0.1, -0.05) is 24.4 Å². The van der Waals surface area contributed by atoms with E-state index in [1.165, 1.54) is 26.4 Å². The molecule has 3 rings (SSSR count). The van der Waals surface area contributed by atoms with Gasteiger partial charge in [-0.05, 0) is 31.0 Å². The second kappa shape index (κ2) is 7.33. The maximum absolute atomic E-state index is 10.6. The Morgan fingerprint density at radius 3 is 2.79 bits per heavy atom. The Morgan fingerprint density at radius 1 is 1.29 bits per heavy atom. The zero-order valence-electron chi connectivity index (χ0n) is 13.5. The fourth-order valence-corrected chi connectivity index (χ4v) is 2.93. The first-order chi connectivity index (χ1) is 11.7. The Labute approximate surface area is 139 Å². The van der Waals surface area contributed by atoms with E-state index in [1.807, 2.05) is 0 Å². The van der Waals surface area contributed by atoms with E-state index < -0.39 is 12.6 Å². The monoisotopic (exact) mass is 332 g/mol. The van der Waals surface area contributed by atoms with Crippen molar-refractivity contribution in [3.05, 3.63) is 24.1 Å². The first-order valence-electron chi connectivity index (χ1n) is 8.04. The highest BCUT2D eigenvalue weighted by molar-refractivity contribution is 5.69. The quantitative estimate of drug-likeness (QED) is 0.867. The Hall–Kier alpha value is -2.57. The summed E-state index contributed by atoms with van der Waals surface area (Å²) >= 11 is 0. The number of carboxylic acids is 1. The van der Waals surface area contributed by atoms with E-state index in [2.05, 4.69) is 10.1 Å². The van der Waals surface area contributed by atoms with Crippen molar-refractivity contribution >= 4 is 5.97 Å². The topological polar surface area (TPSA) is 94.7 Å². The molecule has 1 N–H and O–H groups in total. The van der Waals surface area contributed by atoms with Gasteiger partial charge in [-0.3, -0.25) is 0 Å². The molecule has 0 unspecified atom stereocenters. The number of aromatic nitrogens is 2. The number of nitrogens with zero attached hydrogens (tertiary/aromatic N) is 2. The van der Waals surface area contributed by atoms with Gasteiger partial charge < -0.3 is 19.1 Å². The van der Waals surface area contributed by atoms with Gasteiger partial charge in [0.25, 0.3) is 0 Å². The number of ether oxygens (including phenoxy) is 2. The third-order valence-electron chi connectivity index (χ3n) is 4.17. The molecule has 7 heteroatoms. The lowest BCUT2D eigenvalue weighted by atomic mass is 9.89. The van der Waals surface area contributed by atoms with Crippen molar-refractivity contribution in [1.82, 2.24) is 10.1 Å². The molecule has 0 atom stereocenters. The van der Waals surface area contributed by atoms with E-state index in [4.69, 9.17) is 19.1 Å². The zero-order chi connectivity index (χ0) is 16.9. The number of carboxylic acid groups (broad SMARTS) is 1. The van der Waals surface area contributed by atoms with Gasteiger partial charge in [0.05, 0.1) is 7.11 Å². The van der Waals surface area contributed by atoms with Gasteiger partial charge in [-0.2, -0.15) is 4.98 Å². The highest BCUT2D eigenvalue weighted by Crippen LogP contribution is 2.34. The number of rotatable bonds is 6. The van der Waals surface area contributed by atoms with Crippen molar-refractivity contribution in [2.45, 2.75) is 38.0 Å². The lowest BCUT2D eigenvalue weighted by molar-refractivity contribution is -0.139. The van der Waals surface area contributed by atoms with Crippen LogP contribution in [0.1, 0.15) is 43.9 Å². The minimum atomic E-state index is -1.04. The van der Waals surface area contributed by atoms with Gasteiger partial charge in [-0.15, -0.1) is 0 Å². The molecule has 1 fully saturated rings. The molecular weight excluding hydrogens is 312 g/mol. The number of carbonyl (C=O) groups is 1. The van der Waals surface area contributed by atoms with Crippen LogP contribution < -0.4 is 9.47 Å². The number of hydrogen-bond donors (Lipinski definition) is 1. The SMILES string of the molecule is COc1cc(-c2noc(C3CCCCC3)n2)ccc1OCC(=O)O. The average Bonchev–Trinajstić information content (AvgIpc) is 3.10. The number of benzene rings is 1. The largest absolute Gasteiger partial charge is 0.493 e. The first-order valence-corrected chi connectivity index (χ1v) is 8.04. The fourth-order valence-electron chi connectivity index (χ4n) is 2.93. The smallest absolute Gasteiger partial charge is 0.341 e. The van der Waals surface area contributed by atoms with Crippen molar-refractivity contribution in [3.8, 4) is 22.9 Å². The molecule has 0 bridgehead atoms. The zero-order valence-corrected chi connectivity index (χ0v) is 13.5. The van der Waals surface area contributed by atoms with Crippen LogP contribution in [0, 0.1) is 0 Å². The summed E-state index contributed by atoms with van der Waals surface area (Å²) in [6.07, 6.45) is 5.85. The predicted octanol–water partition coefficient (Wildman–Crippen LogP) is 3.26. The van der Waals surface area contributed by atoms with Crippen molar-refractivity contribution in [2.24, 2.45) is 0 Å². The van der Waals surface area contributed by atoms with Crippen molar-refractivity contribution in [3.63, 3.8) is 0 Å². The Balaban J connectivity index is 1.79. The molecule has 24 heavy (non-hydrogen) atoms. The van der Waals surface area contributed by atoms with Gasteiger partial charge in [0, 0.05) is 11.5 Å². The molecule has 0 amide bonds. The van der Waals surface area contributed by atoms with E-state index in [0.29, 0.717) is 29.1 Å². The van der Waals surface area contributed by atoms with Crippen molar-refractivity contribution in [2.75, 3.05) is 13.7 Å². The molecule has 1 heterocycles. The summed E-state index contributed by atoms with van der Waals surface area (Å²) in [6.45, 7) is -0.427. The number of aliphatic carboxylic acids is 1. The minimum Gasteiger partial charge on any atom is -0.493 e. The standard InChI is InChI=1S/C17H20N2O5/c1-22-14-9-12(7-8-13(14)23-10-15(20)21)16-18-17(24-19-16)11-5-3-2-4-6-11/h7-9,11H,2-6,10H2,1H3,(H,20,21). The second-order valence-electron chi connectivity index (χ2n) is 5.84. The lowest BCUT2D eigenvalue weighted by Gasteiger charge is -2.17. The lowest BCUT2D eigenvalue weighted by Crippen LogP contribution is -2.10. The summed E-state index contributed by atoms with van der Waals surface area (Å²) < 4.78 is 15.9. The van der Waals surface area contributed by atoms with E-state index >= 15 is 0 Å². The van der Waals surface area contributed by atoms with E-state index in [9.17, 15) is 4.79 Å². The van der Waals surface area contributed by atoms with Gasteiger partial charge in [0.15, 0.2) is 18.1 Å². The Morgan fingerprint density at radius 2 is 2.08 bits per heavy atom. The molecule has 7 nitrogen and oxygen atoms in total. The summed E-state index contributed by atoms with van der Waals surface area (Å²) in [5.41, 5.74) is 0.736. The van der Waals surface area contributed by atoms with Crippen LogP contribution in [0.3, 0.4) is 0 Å². The van der Waals surface area contributed by atoms with Gasteiger partial charge in [0.1, 0.15) is 0 Å². The van der Waals surface area contributed by atoms with Crippen LogP contribution in [-0.2, 0) is 4.79 Å². The third-order valence-corrected chi connectivity index (χ3v) is 4.17. The Kier molecular flexibility index (Phi) is 4.98. The number of methoxy groups -OCH3 is 1. The molecule has 1 aliphatic rings. The van der Waals surface area contributed by atoms with Gasteiger partial charge >= 0.3 is 5.97 Å². The van der Waals surface area contributed by atoms with Crippen LogP contribution in [0.4, 0.5) is 0 Å². The van der Waals surface area contributed by atoms with Crippen LogP contribution in [-0.4, -0.2) is 34.9 Å². The Bertz CT molecular complexity index is 707. The number of hydrogen-bond acceptors (Lipinski definition) is 6. The molecule has 1 aliphatic carbocycles. The van der Waals surface area contributed by atoms with Crippen LogP contribution in [0.5, 0.6) is 11.5 Å². The molecule has 1 saturated carbocycles.